The van der Waals surface area contributed by atoms with Crippen LogP contribution in [0, 0.1) is 0 Å². The maximum absolute atomic E-state index is 12.0. The normalized spacial score (nSPS) is 11.7. The molecule has 2 aromatic carbocycles. The fraction of sp³-hybridized carbons (Fsp3) is 0.409. The number of alkyl carbamates (subject to hydrolysis) is 1. The lowest BCUT2D eigenvalue weighted by molar-refractivity contribution is 0.0472. The molecule has 1 N–H and O–H groups in total. The highest BCUT2D eigenvalue weighted by Gasteiger charge is 2.24. The van der Waals surface area contributed by atoms with Gasteiger partial charge in [0.25, 0.3) is 0 Å². The van der Waals surface area contributed by atoms with Gasteiger partial charge in [0.15, 0.2) is 0 Å². The molecule has 0 aliphatic carbocycles. The van der Waals surface area contributed by atoms with Crippen molar-refractivity contribution in [3.05, 3.63) is 65.7 Å². The number of carbonyl (C=O) groups excluding carboxylic acids is 1. The van der Waals surface area contributed by atoms with Crippen LogP contribution in [0.2, 0.25) is 0 Å². The summed E-state index contributed by atoms with van der Waals surface area (Å²) in [6.45, 7) is 10.1. The Bertz CT molecular complexity index is 700. The van der Waals surface area contributed by atoms with Crippen LogP contribution in [0.25, 0.3) is 0 Å². The molecule has 0 fully saturated rings. The zero-order chi connectivity index (χ0) is 19.2. The van der Waals surface area contributed by atoms with Crippen LogP contribution in [-0.2, 0) is 17.8 Å². The van der Waals surface area contributed by atoms with Crippen molar-refractivity contribution in [3.8, 4) is 5.75 Å². The second-order valence-corrected chi connectivity index (χ2v) is 8.11. The van der Waals surface area contributed by atoms with Crippen LogP contribution in [0.5, 0.6) is 5.75 Å². The van der Waals surface area contributed by atoms with Gasteiger partial charge in [-0.15, -0.1) is 0 Å². The van der Waals surface area contributed by atoms with Gasteiger partial charge in [-0.3, -0.25) is 0 Å². The number of ether oxygens (including phenoxy) is 2. The van der Waals surface area contributed by atoms with Gasteiger partial charge >= 0.3 is 6.09 Å². The van der Waals surface area contributed by atoms with Crippen molar-refractivity contribution in [3.63, 3.8) is 0 Å². The van der Waals surface area contributed by atoms with Gasteiger partial charge in [0.05, 0.1) is 0 Å². The minimum atomic E-state index is -0.502. The van der Waals surface area contributed by atoms with Crippen molar-refractivity contribution in [1.29, 1.82) is 0 Å². The number of hydrogen-bond donors (Lipinski definition) is 1. The molecule has 140 valence electrons. The summed E-state index contributed by atoms with van der Waals surface area (Å²) in [5, 5.41) is 2.93. The lowest BCUT2D eigenvalue weighted by atomic mass is 9.95. The molecule has 0 radical (unpaired) electrons. The zero-order valence-electron chi connectivity index (χ0n) is 16.3. The number of nitrogens with one attached hydrogen (secondary N) is 1. The summed E-state index contributed by atoms with van der Waals surface area (Å²) in [6, 6.07) is 18.0. The van der Waals surface area contributed by atoms with Crippen LogP contribution < -0.4 is 10.1 Å². The number of amides is 1. The first kappa shape index (κ1) is 19.8. The van der Waals surface area contributed by atoms with Crippen molar-refractivity contribution in [1.82, 2.24) is 5.32 Å². The highest BCUT2D eigenvalue weighted by molar-refractivity contribution is 5.68. The molecule has 4 heteroatoms. The highest BCUT2D eigenvalue weighted by atomic mass is 16.6. The Hall–Kier alpha value is -2.49. The molecule has 0 aliphatic heterocycles. The minimum Gasteiger partial charge on any atom is -0.489 e. The summed E-state index contributed by atoms with van der Waals surface area (Å²) in [7, 11) is 0. The van der Waals surface area contributed by atoms with Gasteiger partial charge in [0.2, 0.25) is 0 Å². The maximum atomic E-state index is 12.0. The molecule has 0 unspecified atom stereocenters. The molecule has 2 rings (SSSR count). The topological polar surface area (TPSA) is 47.6 Å². The Morgan fingerprint density at radius 1 is 0.885 bits per heavy atom. The molecule has 0 saturated carbocycles. The van der Waals surface area contributed by atoms with Gasteiger partial charge in [-0.25, -0.2) is 4.79 Å². The van der Waals surface area contributed by atoms with Crippen LogP contribution in [0.4, 0.5) is 4.79 Å². The molecule has 2 aromatic rings. The number of carbonyl (C=O) groups is 1. The maximum Gasteiger partial charge on any atom is 0.408 e. The SMILES string of the molecule is CC(C)(Cc1ccc(OCc2ccccc2)cc1)NC(=O)OC(C)(C)C. The standard InChI is InChI=1S/C22H29NO3/c1-21(2,3)26-20(24)23-22(4,5)15-17-11-13-19(14-12-17)25-16-18-9-7-6-8-10-18/h6-14H,15-16H2,1-5H3,(H,23,24). The quantitative estimate of drug-likeness (QED) is 0.783. The lowest BCUT2D eigenvalue weighted by Crippen LogP contribution is -2.47. The van der Waals surface area contributed by atoms with Crippen molar-refractivity contribution >= 4 is 6.09 Å². The molecule has 0 bridgehead atoms. The van der Waals surface area contributed by atoms with Crippen molar-refractivity contribution < 1.29 is 14.3 Å². The summed E-state index contributed by atoms with van der Waals surface area (Å²) in [5.41, 5.74) is 1.35. The van der Waals surface area contributed by atoms with E-state index in [0.717, 1.165) is 16.9 Å². The van der Waals surface area contributed by atoms with E-state index in [4.69, 9.17) is 9.47 Å². The fourth-order valence-corrected chi connectivity index (χ4v) is 2.58. The largest absolute Gasteiger partial charge is 0.489 e. The number of benzene rings is 2. The third kappa shape index (κ3) is 7.18. The molecule has 4 nitrogen and oxygen atoms in total. The Kier molecular flexibility index (Phi) is 6.30. The van der Waals surface area contributed by atoms with Gasteiger partial charge in [-0.05, 0) is 64.3 Å². The van der Waals surface area contributed by atoms with Crippen LogP contribution in [0.15, 0.2) is 54.6 Å². The third-order valence-corrected chi connectivity index (χ3v) is 3.66. The van der Waals surface area contributed by atoms with Gasteiger partial charge in [0, 0.05) is 5.54 Å². The van der Waals surface area contributed by atoms with Crippen molar-refractivity contribution in [2.75, 3.05) is 0 Å². The molecule has 1 amide bonds. The molecular formula is C22H29NO3. The molecule has 0 atom stereocenters. The first-order chi connectivity index (χ1) is 12.1. The molecule has 0 spiro atoms. The smallest absolute Gasteiger partial charge is 0.408 e. The lowest BCUT2D eigenvalue weighted by Gasteiger charge is -2.28. The summed E-state index contributed by atoms with van der Waals surface area (Å²) in [4.78, 5) is 12.0. The number of rotatable bonds is 6. The first-order valence-corrected chi connectivity index (χ1v) is 8.90. The summed E-state index contributed by atoms with van der Waals surface area (Å²) in [6.07, 6.45) is 0.302. The molecule has 0 heterocycles. The van der Waals surface area contributed by atoms with Crippen molar-refractivity contribution in [2.45, 2.75) is 58.8 Å². The van der Waals surface area contributed by atoms with E-state index in [1.807, 2.05) is 89.2 Å². The average molecular weight is 355 g/mol. The molecule has 0 aliphatic rings. The third-order valence-electron chi connectivity index (χ3n) is 3.66. The minimum absolute atomic E-state index is 0.398. The van der Waals surface area contributed by atoms with E-state index >= 15 is 0 Å². The van der Waals surface area contributed by atoms with E-state index < -0.39 is 17.2 Å². The van der Waals surface area contributed by atoms with Gasteiger partial charge < -0.3 is 14.8 Å². The summed E-state index contributed by atoms with van der Waals surface area (Å²) in [5.74, 6) is 0.829. The van der Waals surface area contributed by atoms with Gasteiger partial charge in [0.1, 0.15) is 18.0 Å². The zero-order valence-corrected chi connectivity index (χ0v) is 16.3. The van der Waals surface area contributed by atoms with E-state index in [-0.39, 0.29) is 0 Å². The predicted molar refractivity (Wildman–Crippen MR) is 104 cm³/mol. The molecule has 0 aromatic heterocycles. The van der Waals surface area contributed by atoms with Crippen molar-refractivity contribution in [2.24, 2.45) is 0 Å². The Morgan fingerprint density at radius 2 is 1.50 bits per heavy atom. The second kappa shape index (κ2) is 8.26. The van der Waals surface area contributed by atoms with Gasteiger partial charge in [-0.1, -0.05) is 42.5 Å². The first-order valence-electron chi connectivity index (χ1n) is 8.90. The van der Waals surface area contributed by atoms with Crippen LogP contribution in [-0.4, -0.2) is 17.2 Å². The summed E-state index contributed by atoms with van der Waals surface area (Å²) < 4.78 is 11.1. The average Bonchev–Trinajstić information content (AvgIpc) is 2.52. The predicted octanol–water partition coefficient (Wildman–Crippen LogP) is 5.11. The van der Waals surface area contributed by atoms with E-state index in [9.17, 15) is 4.79 Å². The van der Waals surface area contributed by atoms with Gasteiger partial charge in [-0.2, -0.15) is 0 Å². The fourth-order valence-electron chi connectivity index (χ4n) is 2.58. The van der Waals surface area contributed by atoms with E-state index in [1.165, 1.54) is 0 Å². The van der Waals surface area contributed by atoms with Crippen LogP contribution in [0.1, 0.15) is 45.7 Å². The monoisotopic (exact) mass is 355 g/mol. The summed E-state index contributed by atoms with van der Waals surface area (Å²) >= 11 is 0. The Labute approximate surface area is 156 Å². The highest BCUT2D eigenvalue weighted by Crippen LogP contribution is 2.19. The van der Waals surface area contributed by atoms with E-state index in [1.54, 1.807) is 0 Å². The van der Waals surface area contributed by atoms with Crippen LogP contribution >= 0.6 is 0 Å². The molecule has 0 saturated heterocycles. The molecular weight excluding hydrogens is 326 g/mol. The van der Waals surface area contributed by atoms with E-state index in [0.29, 0.717) is 13.0 Å². The van der Waals surface area contributed by atoms with E-state index in [2.05, 4.69) is 5.32 Å². The molecule has 26 heavy (non-hydrogen) atoms. The Morgan fingerprint density at radius 3 is 2.08 bits per heavy atom. The second-order valence-electron chi connectivity index (χ2n) is 8.11. The Balaban J connectivity index is 1.88. The van der Waals surface area contributed by atoms with Crippen LogP contribution in [0.3, 0.4) is 0 Å². The number of hydrogen-bond acceptors (Lipinski definition) is 3.